The van der Waals surface area contributed by atoms with Gasteiger partial charge in [-0.05, 0) is 43.4 Å². The van der Waals surface area contributed by atoms with E-state index in [-0.39, 0.29) is 5.92 Å². The number of amides is 1. The van der Waals surface area contributed by atoms with Crippen LogP contribution in [0.5, 0.6) is 0 Å². The lowest BCUT2D eigenvalue weighted by Gasteiger charge is -2.36. The Morgan fingerprint density at radius 2 is 1.83 bits per heavy atom. The van der Waals surface area contributed by atoms with Crippen LogP contribution in [0.1, 0.15) is 29.8 Å². The summed E-state index contributed by atoms with van der Waals surface area (Å²) >= 11 is 0. The minimum absolute atomic E-state index is 0.104. The summed E-state index contributed by atoms with van der Waals surface area (Å²) in [5, 5.41) is 1.03. The predicted molar refractivity (Wildman–Crippen MR) is 113 cm³/mol. The highest BCUT2D eigenvalue weighted by Crippen LogP contribution is 2.29. The molecule has 0 bridgehead atoms. The average molecular weight is 387 g/mol. The molecule has 6 heteroatoms. The highest BCUT2D eigenvalue weighted by molar-refractivity contribution is 5.89. The van der Waals surface area contributed by atoms with Gasteiger partial charge in [0.25, 0.3) is 0 Å². The lowest BCUT2D eigenvalue weighted by molar-refractivity contribution is -0.137. The molecule has 2 aliphatic rings. The van der Waals surface area contributed by atoms with Gasteiger partial charge in [0.1, 0.15) is 11.6 Å². The molecule has 29 heavy (non-hydrogen) atoms. The van der Waals surface area contributed by atoms with Crippen molar-refractivity contribution in [3.05, 3.63) is 59.7 Å². The number of rotatable bonds is 2. The zero-order valence-corrected chi connectivity index (χ0v) is 16.7. The largest absolute Gasteiger partial charge is 0.356 e. The van der Waals surface area contributed by atoms with E-state index in [1.807, 2.05) is 13.0 Å². The molecule has 1 fully saturated rings. The van der Waals surface area contributed by atoms with Crippen molar-refractivity contribution in [2.75, 3.05) is 24.5 Å². The van der Waals surface area contributed by atoms with Crippen molar-refractivity contribution in [1.29, 1.82) is 0 Å². The van der Waals surface area contributed by atoms with Gasteiger partial charge in [-0.2, -0.15) is 0 Å². The Hall–Kier alpha value is -3.02. The van der Waals surface area contributed by atoms with Crippen molar-refractivity contribution in [3.8, 4) is 0 Å². The minimum atomic E-state index is 0.104. The maximum absolute atomic E-state index is 13.1. The van der Waals surface area contributed by atoms with E-state index in [0.717, 1.165) is 68.0 Å². The second-order valence-corrected chi connectivity index (χ2v) is 8.03. The molecule has 0 aliphatic carbocycles. The minimum Gasteiger partial charge on any atom is -0.356 e. The summed E-state index contributed by atoms with van der Waals surface area (Å²) in [5.74, 6) is 2.14. The van der Waals surface area contributed by atoms with E-state index in [2.05, 4.69) is 44.0 Å². The Bertz CT molecular complexity index is 1060. The Morgan fingerprint density at radius 3 is 2.66 bits per heavy atom. The summed E-state index contributed by atoms with van der Waals surface area (Å²) in [6, 6.07) is 10.5. The fourth-order valence-electron chi connectivity index (χ4n) is 4.60. The molecular weight excluding hydrogens is 362 g/mol. The molecular formula is C23H25N5O. The van der Waals surface area contributed by atoms with E-state index in [4.69, 9.17) is 4.98 Å². The van der Waals surface area contributed by atoms with Crippen LogP contribution >= 0.6 is 0 Å². The molecule has 2 aliphatic heterocycles. The fourth-order valence-corrected chi connectivity index (χ4v) is 4.60. The Morgan fingerprint density at radius 1 is 1.03 bits per heavy atom. The van der Waals surface area contributed by atoms with Crippen molar-refractivity contribution < 1.29 is 4.79 Å². The first-order valence-corrected chi connectivity index (χ1v) is 10.4. The first-order chi connectivity index (χ1) is 14.2. The van der Waals surface area contributed by atoms with Gasteiger partial charge in [0.15, 0.2) is 0 Å². The standard InChI is InChI=1S/C23H25N5O/c1-16-25-21-14-24-10-6-20(21)22(26-16)27-11-8-18(9-12-27)23(29)28-13-7-17-4-2-3-5-19(17)15-28/h2-6,10,14,18H,7-9,11-13,15H2,1H3. The fraction of sp³-hybridized carbons (Fsp3) is 0.391. The number of carbonyl (C=O) groups is 1. The number of hydrogen-bond acceptors (Lipinski definition) is 5. The average Bonchev–Trinajstić information content (AvgIpc) is 2.78. The van der Waals surface area contributed by atoms with Crippen LogP contribution in [0.4, 0.5) is 5.82 Å². The number of nitrogens with zero attached hydrogens (tertiary/aromatic N) is 5. The molecule has 148 valence electrons. The van der Waals surface area contributed by atoms with Crippen LogP contribution in [0.25, 0.3) is 10.9 Å². The summed E-state index contributed by atoms with van der Waals surface area (Å²) in [7, 11) is 0. The third-order valence-electron chi connectivity index (χ3n) is 6.18. The number of hydrogen-bond donors (Lipinski definition) is 0. The second-order valence-electron chi connectivity index (χ2n) is 8.03. The van der Waals surface area contributed by atoms with Crippen molar-refractivity contribution in [3.63, 3.8) is 0 Å². The highest BCUT2D eigenvalue weighted by atomic mass is 16.2. The molecule has 1 saturated heterocycles. The van der Waals surface area contributed by atoms with E-state index in [1.54, 1.807) is 12.4 Å². The Labute approximate surface area is 170 Å². The zero-order valence-electron chi connectivity index (χ0n) is 16.7. The molecule has 0 atom stereocenters. The van der Waals surface area contributed by atoms with Crippen molar-refractivity contribution in [1.82, 2.24) is 19.9 Å². The quantitative estimate of drug-likeness (QED) is 0.676. The molecule has 4 heterocycles. The number of aromatic nitrogens is 3. The number of aryl methyl sites for hydroxylation is 1. The van der Waals surface area contributed by atoms with Crippen molar-refractivity contribution in [2.24, 2.45) is 5.92 Å². The van der Waals surface area contributed by atoms with Crippen LogP contribution in [-0.4, -0.2) is 45.4 Å². The maximum atomic E-state index is 13.1. The SMILES string of the molecule is Cc1nc(N2CCC(C(=O)N3CCc4ccccc4C3)CC2)c2ccncc2n1. The maximum Gasteiger partial charge on any atom is 0.226 e. The number of carbonyl (C=O) groups excluding carboxylic acids is 1. The van der Waals surface area contributed by atoms with E-state index >= 15 is 0 Å². The number of benzene rings is 1. The lowest BCUT2D eigenvalue weighted by atomic mass is 9.93. The first kappa shape index (κ1) is 18.0. The third-order valence-corrected chi connectivity index (χ3v) is 6.18. The third kappa shape index (κ3) is 3.43. The van der Waals surface area contributed by atoms with Gasteiger partial charge in [-0.1, -0.05) is 24.3 Å². The highest BCUT2D eigenvalue weighted by Gasteiger charge is 2.31. The molecule has 0 spiro atoms. The molecule has 0 unspecified atom stereocenters. The molecule has 3 aromatic rings. The number of fused-ring (bicyclic) bond motifs is 2. The summed E-state index contributed by atoms with van der Waals surface area (Å²) in [4.78, 5) is 30.9. The first-order valence-electron chi connectivity index (χ1n) is 10.4. The zero-order chi connectivity index (χ0) is 19.8. The van der Waals surface area contributed by atoms with Gasteiger partial charge in [-0.25, -0.2) is 9.97 Å². The molecule has 1 amide bonds. The molecule has 2 aromatic heterocycles. The molecule has 0 N–H and O–H groups in total. The topological polar surface area (TPSA) is 62.2 Å². The van der Waals surface area contributed by atoms with Crippen LogP contribution < -0.4 is 4.90 Å². The summed E-state index contributed by atoms with van der Waals surface area (Å²) in [5.41, 5.74) is 3.55. The molecule has 1 aromatic carbocycles. The van der Waals surface area contributed by atoms with Gasteiger partial charge in [-0.15, -0.1) is 0 Å². The number of anilines is 1. The summed E-state index contributed by atoms with van der Waals surface area (Å²) < 4.78 is 0. The lowest BCUT2D eigenvalue weighted by Crippen LogP contribution is -2.44. The van der Waals surface area contributed by atoms with Crippen molar-refractivity contribution >= 4 is 22.6 Å². The van der Waals surface area contributed by atoms with Gasteiger partial charge in [0.05, 0.1) is 11.7 Å². The summed E-state index contributed by atoms with van der Waals surface area (Å²) in [6.07, 6.45) is 6.27. The number of piperidine rings is 1. The summed E-state index contributed by atoms with van der Waals surface area (Å²) in [6.45, 7) is 5.18. The van der Waals surface area contributed by atoms with Gasteiger partial charge >= 0.3 is 0 Å². The smallest absolute Gasteiger partial charge is 0.226 e. The van der Waals surface area contributed by atoms with Crippen LogP contribution in [0, 0.1) is 12.8 Å². The van der Waals surface area contributed by atoms with Crippen LogP contribution in [0.3, 0.4) is 0 Å². The van der Waals surface area contributed by atoms with Crippen molar-refractivity contribution in [2.45, 2.75) is 32.7 Å². The van der Waals surface area contributed by atoms with E-state index in [0.29, 0.717) is 5.91 Å². The molecule has 5 rings (SSSR count). The molecule has 0 saturated carbocycles. The van der Waals surface area contributed by atoms with Gasteiger partial charge < -0.3 is 9.80 Å². The normalized spacial score (nSPS) is 17.4. The van der Waals surface area contributed by atoms with Gasteiger partial charge in [0.2, 0.25) is 5.91 Å². The number of pyridine rings is 1. The Kier molecular flexibility index (Phi) is 4.62. The monoisotopic (exact) mass is 387 g/mol. The molecule has 0 radical (unpaired) electrons. The van der Waals surface area contributed by atoms with Crippen LogP contribution in [0.15, 0.2) is 42.7 Å². The van der Waals surface area contributed by atoms with E-state index < -0.39 is 0 Å². The second kappa shape index (κ2) is 7.43. The van der Waals surface area contributed by atoms with Gasteiger partial charge in [-0.3, -0.25) is 9.78 Å². The van der Waals surface area contributed by atoms with Gasteiger partial charge in [0, 0.05) is 43.7 Å². The Balaban J connectivity index is 1.28. The van der Waals surface area contributed by atoms with Crippen LogP contribution in [0.2, 0.25) is 0 Å². The van der Waals surface area contributed by atoms with Crippen LogP contribution in [-0.2, 0) is 17.8 Å². The predicted octanol–water partition coefficient (Wildman–Crippen LogP) is 3.13. The van der Waals surface area contributed by atoms with E-state index in [9.17, 15) is 4.79 Å². The molecule has 6 nitrogen and oxygen atoms in total. The van der Waals surface area contributed by atoms with E-state index in [1.165, 1.54) is 11.1 Å².